The number of imide groups is 1. The number of hydrazine groups is 2. The molecule has 5 aliphatic heterocycles. The van der Waals surface area contributed by atoms with Crippen LogP contribution in [0.5, 0.6) is 23.0 Å². The number of ether oxygens (including phenoxy) is 6. The summed E-state index contributed by atoms with van der Waals surface area (Å²) in [6.45, 7) is 9.82. The lowest BCUT2D eigenvalue weighted by Crippen LogP contribution is -2.60. The fourth-order valence-electron chi connectivity index (χ4n) is 11.9. The fraction of sp³-hybridized carbons (Fsp3) is 0.484. The molecule has 0 radical (unpaired) electrons. The number of oxime groups is 1. The second-order valence-electron chi connectivity index (χ2n) is 25.6. The summed E-state index contributed by atoms with van der Waals surface area (Å²) in [5, 5.41) is 79.4. The van der Waals surface area contributed by atoms with E-state index in [1.54, 1.807) is 56.4 Å². The van der Waals surface area contributed by atoms with Crippen molar-refractivity contribution >= 4 is 78.7 Å². The molecule has 30 nitrogen and oxygen atoms in total. The number of aliphatic hydroxyl groups is 7. The largest absolute Gasteiger partial charge is 0.501 e. The molecule has 5 aliphatic rings. The van der Waals surface area contributed by atoms with Crippen LogP contribution >= 0.6 is 11.6 Å². The van der Waals surface area contributed by atoms with E-state index >= 15 is 0 Å². The Morgan fingerprint density at radius 1 is 0.812 bits per heavy atom. The Morgan fingerprint density at radius 2 is 1.52 bits per heavy atom. The summed E-state index contributed by atoms with van der Waals surface area (Å²) in [6.07, 6.45) is -9.31. The lowest BCUT2D eigenvalue weighted by atomic mass is 9.92. The zero-order valence-electron chi connectivity index (χ0n) is 53.6. The molecule has 0 saturated carbocycles. The van der Waals surface area contributed by atoms with E-state index in [0.29, 0.717) is 52.0 Å². The molecule has 4 aromatic carbocycles. The number of hydrogen-bond donors (Lipinski definition) is 10. The van der Waals surface area contributed by atoms with Gasteiger partial charge in [-0.2, -0.15) is 0 Å². The number of benzene rings is 4. The van der Waals surface area contributed by atoms with Crippen LogP contribution in [0, 0.1) is 10.8 Å². The number of aliphatic hydroxyl groups excluding tert-OH is 7. The van der Waals surface area contributed by atoms with Gasteiger partial charge >= 0.3 is 10.4 Å². The van der Waals surface area contributed by atoms with Crippen molar-refractivity contribution in [1.29, 1.82) is 0 Å². The van der Waals surface area contributed by atoms with Crippen molar-refractivity contribution in [3.05, 3.63) is 113 Å². The number of methoxy groups -OCH3 is 1. The van der Waals surface area contributed by atoms with E-state index in [9.17, 15) is 63.3 Å². The van der Waals surface area contributed by atoms with Crippen LogP contribution in [0.2, 0.25) is 0 Å². The Morgan fingerprint density at radius 3 is 2.24 bits per heavy atom. The number of carbonyl (C=O) groups is 4. The number of nitrogens with zero attached hydrogens (tertiary/aromatic N) is 5. The molecule has 520 valence electrons. The van der Waals surface area contributed by atoms with Crippen LogP contribution in [0.1, 0.15) is 78.9 Å². The number of fused-ring (bicyclic) bond motifs is 4. The van der Waals surface area contributed by atoms with Gasteiger partial charge in [-0.15, -0.1) is 25.6 Å². The van der Waals surface area contributed by atoms with E-state index in [4.69, 9.17) is 53.2 Å². The fourth-order valence-corrected chi connectivity index (χ4v) is 12.9. The lowest BCUT2D eigenvalue weighted by molar-refractivity contribution is -0.277. The highest BCUT2D eigenvalue weighted by atomic mass is 35.5. The third kappa shape index (κ3) is 16.1. The number of carbonyl (C=O) groups excluding carboxylic acids is 4. The minimum absolute atomic E-state index is 0.0319. The molecule has 32 heteroatoms. The number of nitrogens with one attached hydrogen (secondary N) is 3. The predicted molar refractivity (Wildman–Crippen MR) is 344 cm³/mol. The van der Waals surface area contributed by atoms with Crippen LogP contribution in [-0.4, -0.2) is 234 Å². The Kier molecular flexibility index (Phi) is 21.9. The zero-order valence-corrected chi connectivity index (χ0v) is 55.2. The van der Waals surface area contributed by atoms with Crippen molar-refractivity contribution < 1.29 is 105 Å². The number of alkyl halides is 1. The summed E-state index contributed by atoms with van der Waals surface area (Å²) in [5.41, 5.74) is 8.21. The Balaban J connectivity index is 0.855. The first-order valence-corrected chi connectivity index (χ1v) is 32.6. The molecule has 5 aromatic rings. The Labute approximate surface area is 557 Å². The van der Waals surface area contributed by atoms with Gasteiger partial charge in [-0.3, -0.25) is 29.1 Å². The standard InChI is InChI=1S/C64H79ClN8O22S/c1-34(68-93-54-23-46(76)56(79)50(27-74)90-54)35-8-12-43-37(18-35)19-44(66-43)61(84)73-25-38(24-65)55-42-21-40(87-7)10-11-41(42)48(22-45(55)73)94-96(85,86)95-49-20-36(9-13-47(49)91-62-59(82)58(81)57(80)51(28-75)92-62)60(83)70(6)30-63(2,3)32-89-33-64(4,5)31-71-26-39(67-69-71)29-88-17-16-72-52(77)14-15-53(72)78/h8-15,18-22,26,38,46,50-51,54,56-59,62,66-67,69,74-76,79-82H,16-17,23-25,27-33H2,1-7H3/b68-34+/t38?,46-,50?,51-,54?,56-,57+,58?,59?,62-/m1/s1. The molecule has 1 aromatic heterocycles. The van der Waals surface area contributed by atoms with Gasteiger partial charge in [-0.05, 0) is 78.0 Å². The van der Waals surface area contributed by atoms with Crippen LogP contribution in [0.15, 0.2) is 95.9 Å². The first-order valence-electron chi connectivity index (χ1n) is 30.8. The third-order valence-corrected chi connectivity index (χ3v) is 17.8. The van der Waals surface area contributed by atoms with Gasteiger partial charge in [0.1, 0.15) is 48.1 Å². The predicted octanol–water partition coefficient (Wildman–Crippen LogP) is 2.01. The van der Waals surface area contributed by atoms with Gasteiger partial charge in [0.15, 0.2) is 17.2 Å². The third-order valence-electron chi connectivity index (χ3n) is 16.7. The van der Waals surface area contributed by atoms with Gasteiger partial charge in [-0.1, -0.05) is 38.9 Å². The highest BCUT2D eigenvalue weighted by Gasteiger charge is 2.46. The van der Waals surface area contributed by atoms with Crippen LogP contribution in [-0.2, 0) is 43.8 Å². The highest BCUT2D eigenvalue weighted by molar-refractivity contribution is 7.82. The van der Waals surface area contributed by atoms with Crippen molar-refractivity contribution in [2.24, 2.45) is 16.0 Å². The maximum absolute atomic E-state index is 14.8. The summed E-state index contributed by atoms with van der Waals surface area (Å²) in [6, 6.07) is 16.5. The summed E-state index contributed by atoms with van der Waals surface area (Å²) in [5.74, 6) is -3.40. The molecule has 0 bridgehead atoms. The Bertz CT molecular complexity index is 3900. The minimum Gasteiger partial charge on any atom is -0.497 e. The van der Waals surface area contributed by atoms with E-state index < -0.39 is 119 Å². The van der Waals surface area contributed by atoms with E-state index in [2.05, 4.69) is 21.1 Å². The molecule has 10 rings (SSSR count). The van der Waals surface area contributed by atoms with Gasteiger partial charge in [0.25, 0.3) is 23.6 Å². The summed E-state index contributed by atoms with van der Waals surface area (Å²) >= 11 is 6.66. The van der Waals surface area contributed by atoms with Crippen molar-refractivity contribution in [3.63, 3.8) is 0 Å². The smallest absolute Gasteiger partial charge is 0.497 e. The quantitative estimate of drug-likeness (QED) is 0.0113. The number of H-pyrrole nitrogens is 1. The SMILES string of the molecule is COc1ccc2c(OS(=O)(=O)Oc3cc(C(=O)N(C)CC(C)(C)COCC(C)(C)CN4C=C(COCCN5C(=O)C=CC5=O)NN4)ccc3O[C@@H]3O[C@H](CO)[C@H](O)C(O)C3O)cc3c(c2c1)C(CCl)CN3C(=O)c1cc2cc(/C(C)=N/OC3C[C@@H](O)[C@@H](O)C(CO)O3)ccc2[nH]1. The summed E-state index contributed by atoms with van der Waals surface area (Å²) in [7, 11) is -2.35. The number of aromatic nitrogens is 1. The average molecular weight is 1380 g/mol. The van der Waals surface area contributed by atoms with E-state index in [1.807, 2.05) is 38.9 Å². The monoisotopic (exact) mass is 1380 g/mol. The molecule has 96 heavy (non-hydrogen) atoms. The van der Waals surface area contributed by atoms with Gasteiger partial charge in [-0.25, -0.2) is 0 Å². The molecule has 2 saturated heterocycles. The highest BCUT2D eigenvalue weighted by Crippen LogP contribution is 2.48. The number of rotatable bonds is 28. The minimum atomic E-state index is -5.34. The molecule has 2 fully saturated rings. The van der Waals surface area contributed by atoms with Crippen molar-refractivity contribution in [1.82, 2.24) is 30.8 Å². The Hall–Kier alpha value is -7.73. The first-order chi connectivity index (χ1) is 45.6. The van der Waals surface area contributed by atoms with Crippen LogP contribution < -0.4 is 33.7 Å². The van der Waals surface area contributed by atoms with Crippen molar-refractivity contribution in [2.75, 3.05) is 90.8 Å². The molecule has 0 spiro atoms. The van der Waals surface area contributed by atoms with Crippen LogP contribution in [0.25, 0.3) is 21.7 Å². The van der Waals surface area contributed by atoms with Crippen molar-refractivity contribution in [2.45, 2.75) is 102 Å². The molecule has 10 atom stereocenters. The number of aromatic amines is 1. The normalized spacial score (nSPS) is 24.0. The van der Waals surface area contributed by atoms with Gasteiger partial charge in [0, 0.05) is 102 Å². The summed E-state index contributed by atoms with van der Waals surface area (Å²) < 4.78 is 75.4. The molecule has 10 N–H and O–H groups in total. The topological polar surface area (TPSA) is 392 Å². The number of halogens is 1. The zero-order chi connectivity index (χ0) is 69.1. The van der Waals surface area contributed by atoms with Gasteiger partial charge in [0.2, 0.25) is 12.6 Å². The summed E-state index contributed by atoms with van der Waals surface area (Å²) in [4.78, 5) is 65.6. The maximum Gasteiger partial charge on any atom is 0.501 e. The van der Waals surface area contributed by atoms with Crippen molar-refractivity contribution in [3.8, 4) is 23.0 Å². The lowest BCUT2D eigenvalue weighted by Gasteiger charge is -2.39. The molecule has 4 amide bonds. The van der Waals surface area contributed by atoms with E-state index in [-0.39, 0.29) is 91.7 Å². The molecular formula is C64H79ClN8O22S. The van der Waals surface area contributed by atoms with E-state index in [0.717, 1.165) is 16.7 Å². The molecular weight excluding hydrogens is 1300 g/mol. The number of hydrogen-bond acceptors (Lipinski definition) is 26. The maximum atomic E-state index is 14.8. The second kappa shape index (κ2) is 29.5. The van der Waals surface area contributed by atoms with Gasteiger partial charge in [0.05, 0.1) is 76.5 Å². The van der Waals surface area contributed by atoms with Gasteiger partial charge < -0.3 is 97.6 Å². The first kappa shape index (κ1) is 71.1. The molecule has 5 unspecified atom stereocenters. The van der Waals surface area contributed by atoms with Crippen LogP contribution in [0.4, 0.5) is 5.69 Å². The molecule has 6 heterocycles. The van der Waals surface area contributed by atoms with E-state index in [1.165, 1.54) is 47.3 Å². The number of amides is 4. The second-order valence-corrected chi connectivity index (χ2v) is 27.1. The number of anilines is 1. The average Bonchev–Trinajstić information content (AvgIpc) is 1.54. The molecule has 0 aliphatic carbocycles. The van der Waals surface area contributed by atoms with Crippen LogP contribution in [0.3, 0.4) is 0 Å².